The van der Waals surface area contributed by atoms with Gasteiger partial charge in [-0.1, -0.05) is 23.7 Å². The van der Waals surface area contributed by atoms with Gasteiger partial charge in [-0.2, -0.15) is 0 Å². The first kappa shape index (κ1) is 19.2. The Morgan fingerprint density at radius 1 is 1.04 bits per heavy atom. The van der Waals surface area contributed by atoms with E-state index in [1.165, 1.54) is 0 Å². The highest BCUT2D eigenvalue weighted by atomic mass is 35.5. The highest BCUT2D eigenvalue weighted by Gasteiger charge is 2.20. The van der Waals surface area contributed by atoms with Gasteiger partial charge in [-0.3, -0.25) is 4.79 Å². The molecule has 2 aromatic rings. The lowest BCUT2D eigenvalue weighted by molar-refractivity contribution is -0.128. The molecule has 1 amide bonds. The molecular formula is C21H22ClNO4. The maximum Gasteiger partial charge on any atom is 0.338 e. The zero-order valence-corrected chi connectivity index (χ0v) is 15.8. The van der Waals surface area contributed by atoms with Crippen molar-refractivity contribution in [2.75, 3.05) is 19.8 Å². The van der Waals surface area contributed by atoms with Crippen LogP contribution < -0.4 is 4.74 Å². The van der Waals surface area contributed by atoms with Gasteiger partial charge in [-0.25, -0.2) is 4.79 Å². The zero-order valence-electron chi connectivity index (χ0n) is 15.0. The topological polar surface area (TPSA) is 55.8 Å². The predicted octanol–water partition coefficient (Wildman–Crippen LogP) is 4.09. The van der Waals surface area contributed by atoms with Crippen LogP contribution in [0.2, 0.25) is 5.02 Å². The summed E-state index contributed by atoms with van der Waals surface area (Å²) in [7, 11) is 0. The van der Waals surface area contributed by atoms with E-state index < -0.39 is 0 Å². The minimum absolute atomic E-state index is 0.194. The molecule has 0 radical (unpaired) electrons. The Kier molecular flexibility index (Phi) is 6.71. The monoisotopic (exact) mass is 387 g/mol. The number of carbonyl (C=O) groups is 2. The van der Waals surface area contributed by atoms with Gasteiger partial charge in [0.25, 0.3) is 0 Å². The van der Waals surface area contributed by atoms with Crippen molar-refractivity contribution in [2.45, 2.75) is 25.8 Å². The Labute approximate surface area is 163 Å². The summed E-state index contributed by atoms with van der Waals surface area (Å²) in [6.07, 6.45) is 2.15. The van der Waals surface area contributed by atoms with Gasteiger partial charge >= 0.3 is 5.97 Å². The van der Waals surface area contributed by atoms with Crippen molar-refractivity contribution in [1.29, 1.82) is 0 Å². The lowest BCUT2D eigenvalue weighted by Crippen LogP contribution is -2.23. The van der Waals surface area contributed by atoms with Gasteiger partial charge in [-0.15, -0.1) is 0 Å². The molecule has 2 aromatic carbocycles. The number of halogens is 1. The molecule has 1 fully saturated rings. The normalized spacial score (nSPS) is 13.7. The van der Waals surface area contributed by atoms with Crippen LogP contribution in [0.1, 0.15) is 35.2 Å². The summed E-state index contributed by atoms with van der Waals surface area (Å²) in [6, 6.07) is 14.3. The van der Waals surface area contributed by atoms with E-state index in [1.54, 1.807) is 36.4 Å². The van der Waals surface area contributed by atoms with Crippen molar-refractivity contribution in [3.05, 3.63) is 64.7 Å². The Morgan fingerprint density at radius 3 is 2.44 bits per heavy atom. The van der Waals surface area contributed by atoms with E-state index in [-0.39, 0.29) is 18.5 Å². The lowest BCUT2D eigenvalue weighted by atomic mass is 10.1. The molecule has 0 unspecified atom stereocenters. The van der Waals surface area contributed by atoms with E-state index >= 15 is 0 Å². The second-order valence-electron chi connectivity index (χ2n) is 6.41. The number of hydrogen-bond acceptors (Lipinski definition) is 4. The van der Waals surface area contributed by atoms with Crippen molar-refractivity contribution < 1.29 is 19.1 Å². The van der Waals surface area contributed by atoms with Crippen LogP contribution in [-0.2, 0) is 16.1 Å². The van der Waals surface area contributed by atoms with E-state index in [1.807, 2.05) is 17.0 Å². The number of esters is 1. The van der Waals surface area contributed by atoms with Gasteiger partial charge < -0.3 is 14.4 Å². The second kappa shape index (κ2) is 9.42. The summed E-state index contributed by atoms with van der Waals surface area (Å²) in [6.45, 7) is 2.14. The molecule has 0 saturated carbocycles. The maximum atomic E-state index is 12.1. The fraction of sp³-hybridized carbons (Fsp3) is 0.333. The van der Waals surface area contributed by atoms with E-state index in [9.17, 15) is 9.59 Å². The van der Waals surface area contributed by atoms with Crippen molar-refractivity contribution in [3.63, 3.8) is 0 Å². The molecule has 1 heterocycles. The minimum Gasteiger partial charge on any atom is -0.493 e. The average molecular weight is 388 g/mol. The minimum atomic E-state index is -0.356. The smallest absolute Gasteiger partial charge is 0.338 e. The van der Waals surface area contributed by atoms with Gasteiger partial charge in [0, 0.05) is 31.0 Å². The zero-order chi connectivity index (χ0) is 19.1. The number of rotatable bonds is 8. The third-order valence-electron chi connectivity index (χ3n) is 4.34. The first-order valence-electron chi connectivity index (χ1n) is 9.04. The summed E-state index contributed by atoms with van der Waals surface area (Å²) in [5, 5.41) is 0.661. The Morgan fingerprint density at radius 2 is 1.78 bits per heavy atom. The number of nitrogens with zero attached hydrogens (tertiary/aromatic N) is 1. The molecule has 0 aromatic heterocycles. The Bertz CT molecular complexity index is 774. The van der Waals surface area contributed by atoms with Crippen LogP contribution >= 0.6 is 11.6 Å². The molecule has 0 N–H and O–H groups in total. The first-order chi connectivity index (χ1) is 13.1. The summed E-state index contributed by atoms with van der Waals surface area (Å²) in [4.78, 5) is 25.6. The van der Waals surface area contributed by atoms with Crippen molar-refractivity contribution >= 4 is 23.5 Å². The van der Waals surface area contributed by atoms with Crippen LogP contribution in [0.4, 0.5) is 0 Å². The molecule has 0 bridgehead atoms. The summed E-state index contributed by atoms with van der Waals surface area (Å²) < 4.78 is 10.8. The highest BCUT2D eigenvalue weighted by Crippen LogP contribution is 2.16. The Hall–Kier alpha value is -2.53. The third-order valence-corrected chi connectivity index (χ3v) is 4.59. The number of ether oxygens (including phenoxy) is 2. The summed E-state index contributed by atoms with van der Waals surface area (Å²) in [5.41, 5.74) is 1.52. The highest BCUT2D eigenvalue weighted by molar-refractivity contribution is 6.30. The molecule has 0 spiro atoms. The van der Waals surface area contributed by atoms with Gasteiger partial charge in [-0.05, 0) is 48.4 Å². The van der Waals surface area contributed by atoms with Crippen LogP contribution in [0, 0.1) is 0 Å². The molecule has 1 aliphatic heterocycles. The second-order valence-corrected chi connectivity index (χ2v) is 6.84. The van der Waals surface area contributed by atoms with Crippen LogP contribution in [0.15, 0.2) is 48.5 Å². The first-order valence-corrected chi connectivity index (χ1v) is 9.42. The molecular weight excluding hydrogens is 366 g/mol. The number of carbonyl (C=O) groups excluding carboxylic acids is 2. The SMILES string of the molecule is O=C(OCCCOc1ccc(Cl)cc1)c1ccc(CN2CCCC2=O)cc1. The molecule has 0 atom stereocenters. The van der Waals surface area contributed by atoms with Crippen LogP contribution in [-0.4, -0.2) is 36.5 Å². The fourth-order valence-corrected chi connectivity index (χ4v) is 2.99. The fourth-order valence-electron chi connectivity index (χ4n) is 2.87. The number of hydrogen-bond donors (Lipinski definition) is 0. The quantitative estimate of drug-likeness (QED) is 0.505. The molecule has 3 rings (SSSR count). The van der Waals surface area contributed by atoms with Gasteiger partial charge in [0.15, 0.2) is 0 Å². The van der Waals surface area contributed by atoms with Gasteiger partial charge in [0.2, 0.25) is 5.91 Å². The van der Waals surface area contributed by atoms with Crippen LogP contribution in [0.25, 0.3) is 0 Å². The number of likely N-dealkylation sites (tertiary alicyclic amines) is 1. The van der Waals surface area contributed by atoms with E-state index in [4.69, 9.17) is 21.1 Å². The predicted molar refractivity (Wildman–Crippen MR) is 103 cm³/mol. The molecule has 6 heteroatoms. The van der Waals surface area contributed by atoms with Crippen molar-refractivity contribution in [1.82, 2.24) is 4.90 Å². The van der Waals surface area contributed by atoms with Crippen molar-refractivity contribution in [2.24, 2.45) is 0 Å². The van der Waals surface area contributed by atoms with Crippen LogP contribution in [0.5, 0.6) is 5.75 Å². The maximum absolute atomic E-state index is 12.1. The molecule has 1 aliphatic rings. The number of amides is 1. The Balaban J connectivity index is 1.37. The molecule has 142 valence electrons. The summed E-state index contributed by atoms with van der Waals surface area (Å²) in [5.74, 6) is 0.572. The lowest BCUT2D eigenvalue weighted by Gasteiger charge is -2.15. The van der Waals surface area contributed by atoms with Gasteiger partial charge in [0.1, 0.15) is 5.75 Å². The molecule has 1 saturated heterocycles. The van der Waals surface area contributed by atoms with E-state index in [0.29, 0.717) is 36.6 Å². The summed E-state index contributed by atoms with van der Waals surface area (Å²) >= 11 is 5.82. The third kappa shape index (κ3) is 5.73. The molecule has 0 aliphatic carbocycles. The van der Waals surface area contributed by atoms with Crippen LogP contribution in [0.3, 0.4) is 0 Å². The average Bonchev–Trinajstić information content (AvgIpc) is 3.08. The largest absolute Gasteiger partial charge is 0.493 e. The van der Waals surface area contributed by atoms with E-state index in [0.717, 1.165) is 24.3 Å². The number of benzene rings is 2. The van der Waals surface area contributed by atoms with E-state index in [2.05, 4.69) is 0 Å². The van der Waals surface area contributed by atoms with Gasteiger partial charge in [0.05, 0.1) is 18.8 Å². The van der Waals surface area contributed by atoms with Crippen molar-refractivity contribution in [3.8, 4) is 5.75 Å². The molecule has 27 heavy (non-hydrogen) atoms. The molecule has 5 nitrogen and oxygen atoms in total. The standard InChI is InChI=1S/C21H22ClNO4/c22-18-8-10-19(11-9-18)26-13-2-14-27-21(25)17-6-4-16(5-7-17)15-23-12-1-3-20(23)24/h4-11H,1-3,12-15H2.